The molecule has 0 spiro atoms. The maximum absolute atomic E-state index is 12.7. The number of allylic oxidation sites excluding steroid dienone is 14. The van der Waals surface area contributed by atoms with E-state index < -0.39 is 32.5 Å². The molecule has 0 rings (SSSR count). The van der Waals surface area contributed by atoms with E-state index in [0.717, 1.165) is 51.4 Å². The van der Waals surface area contributed by atoms with Gasteiger partial charge in [-0.2, -0.15) is 0 Å². The van der Waals surface area contributed by atoms with E-state index in [2.05, 4.69) is 92.8 Å². The number of unbranched alkanes of at least 4 members (excludes halogenated alkanes) is 11. The number of hydrogen-bond donors (Lipinski definition) is 0. The molecule has 0 radical (unpaired) electrons. The molecule has 332 valence electrons. The largest absolute Gasteiger partial charge is 0.756 e. The molecule has 10 heteroatoms. The van der Waals surface area contributed by atoms with Crippen LogP contribution in [0.4, 0.5) is 0 Å². The molecule has 58 heavy (non-hydrogen) atoms. The van der Waals surface area contributed by atoms with Crippen LogP contribution in [0.15, 0.2) is 85.1 Å². The number of esters is 2. The Bertz CT molecular complexity index is 1260. The molecule has 0 aliphatic heterocycles. The molecule has 0 aromatic heterocycles. The van der Waals surface area contributed by atoms with E-state index in [1.165, 1.54) is 57.8 Å². The van der Waals surface area contributed by atoms with Crippen LogP contribution in [0.1, 0.15) is 155 Å². The fourth-order valence-electron chi connectivity index (χ4n) is 5.43. The third-order valence-electron chi connectivity index (χ3n) is 8.90. The lowest BCUT2D eigenvalue weighted by Gasteiger charge is -2.28. The lowest BCUT2D eigenvalue weighted by atomic mass is 10.1. The average Bonchev–Trinajstić information content (AvgIpc) is 3.17. The Morgan fingerprint density at radius 3 is 1.47 bits per heavy atom. The number of likely N-dealkylation sites (N-methyl/N-ethyl adjacent to an activating group) is 1. The molecule has 0 bridgehead atoms. The summed E-state index contributed by atoms with van der Waals surface area (Å²) in [5.74, 6) is -0.964. The number of hydrogen-bond acceptors (Lipinski definition) is 8. The van der Waals surface area contributed by atoms with Crippen LogP contribution in [0.2, 0.25) is 0 Å². The van der Waals surface area contributed by atoms with Crippen LogP contribution in [0.3, 0.4) is 0 Å². The summed E-state index contributed by atoms with van der Waals surface area (Å²) in [6.45, 7) is 3.98. The minimum Gasteiger partial charge on any atom is -0.756 e. The number of rotatable bonds is 39. The van der Waals surface area contributed by atoms with Gasteiger partial charge in [0.05, 0.1) is 27.7 Å². The molecule has 0 aromatic carbocycles. The third-order valence-corrected chi connectivity index (χ3v) is 9.86. The smallest absolute Gasteiger partial charge is 0.306 e. The Kier molecular flexibility index (Phi) is 37.7. The van der Waals surface area contributed by atoms with Crippen LogP contribution in [0.5, 0.6) is 0 Å². The van der Waals surface area contributed by atoms with Crippen molar-refractivity contribution in [3.8, 4) is 0 Å². The van der Waals surface area contributed by atoms with Crippen LogP contribution in [0.25, 0.3) is 0 Å². The lowest BCUT2D eigenvalue weighted by Crippen LogP contribution is -2.37. The van der Waals surface area contributed by atoms with E-state index in [1.54, 1.807) is 0 Å². The Hall–Kier alpha value is -2.81. The summed E-state index contributed by atoms with van der Waals surface area (Å²) < 4.78 is 33.8. The van der Waals surface area contributed by atoms with Gasteiger partial charge in [0.15, 0.2) is 6.10 Å². The summed E-state index contributed by atoms with van der Waals surface area (Å²) in [6, 6.07) is 0. The van der Waals surface area contributed by atoms with Crippen molar-refractivity contribution < 1.29 is 42.1 Å². The number of phosphoric acid groups is 1. The number of carbonyl (C=O) groups excluding carboxylic acids is 2. The van der Waals surface area contributed by atoms with Gasteiger partial charge in [-0.15, -0.1) is 0 Å². The Morgan fingerprint density at radius 1 is 0.552 bits per heavy atom. The van der Waals surface area contributed by atoms with Crippen LogP contribution in [-0.2, 0) is 32.7 Å². The first-order chi connectivity index (χ1) is 28.0. The summed E-state index contributed by atoms with van der Waals surface area (Å²) in [6.07, 6.45) is 50.6. The highest BCUT2D eigenvalue weighted by molar-refractivity contribution is 7.45. The lowest BCUT2D eigenvalue weighted by molar-refractivity contribution is -0.870. The molecule has 0 heterocycles. The van der Waals surface area contributed by atoms with Crippen molar-refractivity contribution in [1.82, 2.24) is 0 Å². The highest BCUT2D eigenvalue weighted by Gasteiger charge is 2.21. The summed E-state index contributed by atoms with van der Waals surface area (Å²) >= 11 is 0. The molecule has 0 fully saturated rings. The summed E-state index contributed by atoms with van der Waals surface area (Å²) in [7, 11) is 1.09. The summed E-state index contributed by atoms with van der Waals surface area (Å²) in [5.41, 5.74) is 0. The second-order valence-electron chi connectivity index (χ2n) is 15.7. The van der Waals surface area contributed by atoms with Crippen molar-refractivity contribution in [3.05, 3.63) is 85.1 Å². The maximum atomic E-state index is 12.7. The Morgan fingerprint density at radius 2 is 0.983 bits per heavy atom. The first-order valence-corrected chi connectivity index (χ1v) is 23.8. The van der Waals surface area contributed by atoms with Crippen LogP contribution in [-0.4, -0.2) is 70.0 Å². The van der Waals surface area contributed by atoms with Gasteiger partial charge in [0.25, 0.3) is 7.82 Å². The quantitative estimate of drug-likeness (QED) is 0.0198. The molecule has 0 N–H and O–H groups in total. The Labute approximate surface area is 354 Å². The van der Waals surface area contributed by atoms with Gasteiger partial charge in [-0.3, -0.25) is 14.2 Å². The molecule has 0 saturated carbocycles. The molecule has 0 saturated heterocycles. The van der Waals surface area contributed by atoms with Gasteiger partial charge in [-0.25, -0.2) is 0 Å². The van der Waals surface area contributed by atoms with Crippen LogP contribution in [0, 0.1) is 0 Å². The highest BCUT2D eigenvalue weighted by atomic mass is 31.2. The first kappa shape index (κ1) is 55.2. The average molecular weight is 832 g/mol. The molecular weight excluding hydrogens is 750 g/mol. The fourth-order valence-corrected chi connectivity index (χ4v) is 6.16. The molecule has 2 atom stereocenters. The maximum Gasteiger partial charge on any atom is 0.306 e. The standard InChI is InChI=1S/C48H82NO8P/c1-6-8-10-12-14-16-18-20-22-24-26-28-30-32-34-36-38-40-47(50)54-44-46(45-56-58(52,53)55-43-42-49(3,4)5)57-48(51)41-39-37-35-33-31-29-27-25-23-21-19-17-15-13-11-9-7-2/h9,11,15,17,21,23,26-29,32-35,46H,6-8,10,12-14,16,18-20,22,24-25,30-31,36-45H2,1-5H3/b11-9+,17-15+,23-21+,28-26+,29-27+,34-32+,35-33+/t46-/m1/s1. The van der Waals surface area contributed by atoms with Gasteiger partial charge in [0.2, 0.25) is 0 Å². The zero-order chi connectivity index (χ0) is 42.8. The molecule has 0 aliphatic rings. The predicted octanol–water partition coefficient (Wildman–Crippen LogP) is 12.2. The van der Waals surface area contributed by atoms with Crippen LogP contribution < -0.4 is 4.89 Å². The summed E-state index contributed by atoms with van der Waals surface area (Å²) in [5, 5.41) is 0. The number of carbonyl (C=O) groups is 2. The molecule has 0 aromatic rings. The van der Waals surface area contributed by atoms with Crippen molar-refractivity contribution in [3.63, 3.8) is 0 Å². The van der Waals surface area contributed by atoms with Crippen molar-refractivity contribution in [2.75, 3.05) is 47.5 Å². The van der Waals surface area contributed by atoms with E-state index >= 15 is 0 Å². The van der Waals surface area contributed by atoms with Gasteiger partial charge < -0.3 is 27.9 Å². The van der Waals surface area contributed by atoms with E-state index in [4.69, 9.17) is 18.5 Å². The van der Waals surface area contributed by atoms with Gasteiger partial charge in [-0.1, -0.05) is 150 Å². The number of nitrogens with zero attached hydrogens (tertiary/aromatic N) is 1. The van der Waals surface area contributed by atoms with Gasteiger partial charge in [-0.05, 0) is 77.0 Å². The van der Waals surface area contributed by atoms with E-state index in [0.29, 0.717) is 30.3 Å². The molecule has 0 aliphatic carbocycles. The summed E-state index contributed by atoms with van der Waals surface area (Å²) in [4.78, 5) is 37.5. The third kappa shape index (κ3) is 42.8. The molecule has 1 unspecified atom stereocenters. The van der Waals surface area contributed by atoms with Crippen molar-refractivity contribution in [2.45, 2.75) is 161 Å². The zero-order valence-electron chi connectivity index (χ0n) is 37.2. The number of ether oxygens (including phenoxy) is 2. The number of quaternary nitrogens is 1. The minimum absolute atomic E-state index is 0.0520. The van der Waals surface area contributed by atoms with E-state index in [9.17, 15) is 19.0 Å². The van der Waals surface area contributed by atoms with Gasteiger partial charge >= 0.3 is 11.9 Å². The zero-order valence-corrected chi connectivity index (χ0v) is 38.1. The van der Waals surface area contributed by atoms with Crippen molar-refractivity contribution in [1.29, 1.82) is 0 Å². The minimum atomic E-state index is -4.65. The fraction of sp³-hybridized carbons (Fsp3) is 0.667. The predicted molar refractivity (Wildman–Crippen MR) is 240 cm³/mol. The second-order valence-corrected chi connectivity index (χ2v) is 17.1. The Balaban J connectivity index is 4.53. The molecule has 9 nitrogen and oxygen atoms in total. The van der Waals surface area contributed by atoms with E-state index in [1.807, 2.05) is 27.2 Å². The number of phosphoric ester groups is 1. The SMILES string of the molecule is CC/C=C/C/C=C/C/C=C/C/C=C/C/C=C/CCCC(=O)O[C@H](COC(=O)CCC/C=C/C/C=C/CCCCCCCCCCC)COP(=O)([O-])OCC[N+](C)(C)C. The molecular formula is C48H82NO8P. The van der Waals surface area contributed by atoms with Gasteiger partial charge in [0, 0.05) is 12.8 Å². The topological polar surface area (TPSA) is 111 Å². The van der Waals surface area contributed by atoms with Crippen LogP contribution >= 0.6 is 7.82 Å². The first-order valence-electron chi connectivity index (χ1n) is 22.3. The van der Waals surface area contributed by atoms with Crippen molar-refractivity contribution >= 4 is 19.8 Å². The second kappa shape index (κ2) is 39.6. The normalized spacial score (nSPS) is 14.4. The monoisotopic (exact) mass is 832 g/mol. The van der Waals surface area contributed by atoms with Crippen molar-refractivity contribution in [2.24, 2.45) is 0 Å². The van der Waals surface area contributed by atoms with E-state index in [-0.39, 0.29) is 26.1 Å². The highest BCUT2D eigenvalue weighted by Crippen LogP contribution is 2.38. The molecule has 0 amide bonds. The van der Waals surface area contributed by atoms with Gasteiger partial charge in [0.1, 0.15) is 19.8 Å².